The highest BCUT2D eigenvalue weighted by Crippen LogP contribution is 2.38. The van der Waals surface area contributed by atoms with E-state index < -0.39 is 5.91 Å². The molecule has 0 spiro atoms. The van der Waals surface area contributed by atoms with Crippen LogP contribution in [0.15, 0.2) is 42.5 Å². The summed E-state index contributed by atoms with van der Waals surface area (Å²) in [6, 6.07) is 12.8. The summed E-state index contributed by atoms with van der Waals surface area (Å²) in [5.74, 6) is 0.688. The number of ether oxygens (including phenoxy) is 3. The number of hydrogen-bond acceptors (Lipinski definition) is 4. The van der Waals surface area contributed by atoms with Crippen molar-refractivity contribution < 1.29 is 19.0 Å². The molecule has 5 nitrogen and oxygen atoms in total. The average Bonchev–Trinajstić information content (AvgIpc) is 2.52. The third-order valence-corrected chi connectivity index (χ3v) is 2.97. The van der Waals surface area contributed by atoms with Crippen molar-refractivity contribution >= 4 is 18.3 Å². The first-order valence-electron chi connectivity index (χ1n) is 6.38. The molecule has 0 radical (unpaired) electrons. The van der Waals surface area contributed by atoms with Gasteiger partial charge in [0.2, 0.25) is 11.7 Å². The smallest absolute Gasteiger partial charge is 0.248 e. The minimum atomic E-state index is -0.554. The summed E-state index contributed by atoms with van der Waals surface area (Å²) in [6.45, 7) is 0.365. The maximum atomic E-state index is 11.3. The van der Waals surface area contributed by atoms with Crippen molar-refractivity contribution in [3.8, 4) is 17.2 Å². The van der Waals surface area contributed by atoms with E-state index in [1.54, 1.807) is 0 Å². The van der Waals surface area contributed by atoms with E-state index in [0.717, 1.165) is 5.56 Å². The Morgan fingerprint density at radius 1 is 1.05 bits per heavy atom. The third-order valence-electron chi connectivity index (χ3n) is 2.97. The summed E-state index contributed by atoms with van der Waals surface area (Å²) in [6.07, 6.45) is 0. The van der Waals surface area contributed by atoms with Crippen LogP contribution < -0.4 is 19.9 Å². The van der Waals surface area contributed by atoms with Crippen LogP contribution in [0.4, 0.5) is 0 Å². The molecule has 118 valence electrons. The zero-order chi connectivity index (χ0) is 15.2. The van der Waals surface area contributed by atoms with Gasteiger partial charge in [0, 0.05) is 5.56 Å². The number of carbonyl (C=O) groups is 1. The molecule has 0 heterocycles. The van der Waals surface area contributed by atoms with Crippen molar-refractivity contribution in [3.05, 3.63) is 53.6 Å². The number of rotatable bonds is 6. The number of methoxy groups -OCH3 is 2. The zero-order valence-corrected chi connectivity index (χ0v) is 13.2. The number of halogens is 1. The molecular weight excluding hydrogens is 306 g/mol. The van der Waals surface area contributed by atoms with Crippen LogP contribution in [0, 0.1) is 0 Å². The van der Waals surface area contributed by atoms with E-state index in [1.807, 2.05) is 30.3 Å². The summed E-state index contributed by atoms with van der Waals surface area (Å²) in [4.78, 5) is 11.3. The number of primary amides is 1. The van der Waals surface area contributed by atoms with Gasteiger partial charge in [-0.05, 0) is 17.7 Å². The van der Waals surface area contributed by atoms with Gasteiger partial charge in [-0.25, -0.2) is 0 Å². The van der Waals surface area contributed by atoms with E-state index >= 15 is 0 Å². The molecule has 0 unspecified atom stereocenters. The SMILES string of the molecule is COc1cc(C(N)=O)cc(OC)c1OCc1ccccc1.Cl. The molecule has 2 aromatic rings. The van der Waals surface area contributed by atoms with Crippen LogP contribution in [0.5, 0.6) is 17.2 Å². The first kappa shape index (κ1) is 17.7. The number of benzene rings is 2. The quantitative estimate of drug-likeness (QED) is 0.887. The molecule has 2 rings (SSSR count). The largest absolute Gasteiger partial charge is 0.493 e. The van der Waals surface area contributed by atoms with Crippen LogP contribution in [0.3, 0.4) is 0 Å². The van der Waals surface area contributed by atoms with Crippen LogP contribution in [-0.4, -0.2) is 20.1 Å². The van der Waals surface area contributed by atoms with E-state index in [-0.39, 0.29) is 12.4 Å². The van der Waals surface area contributed by atoms with E-state index in [4.69, 9.17) is 19.9 Å². The van der Waals surface area contributed by atoms with E-state index in [2.05, 4.69) is 0 Å². The van der Waals surface area contributed by atoms with Crippen molar-refractivity contribution in [2.45, 2.75) is 6.61 Å². The van der Waals surface area contributed by atoms with Crippen molar-refractivity contribution in [1.82, 2.24) is 0 Å². The standard InChI is InChI=1S/C16H17NO4.ClH/c1-19-13-8-12(16(17)18)9-14(20-2)15(13)21-10-11-6-4-3-5-7-11;/h3-9H,10H2,1-2H3,(H2,17,18);1H. The van der Waals surface area contributed by atoms with Crippen molar-refractivity contribution in [2.75, 3.05) is 14.2 Å². The highest BCUT2D eigenvalue weighted by atomic mass is 35.5. The molecule has 1 amide bonds. The topological polar surface area (TPSA) is 70.8 Å². The van der Waals surface area contributed by atoms with Gasteiger partial charge in [0.1, 0.15) is 6.61 Å². The second kappa shape index (κ2) is 8.14. The molecule has 22 heavy (non-hydrogen) atoms. The minimum absolute atomic E-state index is 0. The van der Waals surface area contributed by atoms with Gasteiger partial charge in [0.05, 0.1) is 14.2 Å². The van der Waals surface area contributed by atoms with Gasteiger partial charge in [-0.15, -0.1) is 12.4 Å². The van der Waals surface area contributed by atoms with Gasteiger partial charge in [0.15, 0.2) is 11.5 Å². The van der Waals surface area contributed by atoms with Gasteiger partial charge >= 0.3 is 0 Å². The van der Waals surface area contributed by atoms with Gasteiger partial charge in [-0.1, -0.05) is 30.3 Å². The van der Waals surface area contributed by atoms with Gasteiger partial charge in [-0.3, -0.25) is 4.79 Å². The molecule has 0 aliphatic heterocycles. The first-order chi connectivity index (χ1) is 10.2. The maximum Gasteiger partial charge on any atom is 0.248 e. The van der Waals surface area contributed by atoms with Crippen molar-refractivity contribution in [1.29, 1.82) is 0 Å². The van der Waals surface area contributed by atoms with Crippen LogP contribution >= 0.6 is 12.4 Å². The number of hydrogen-bond donors (Lipinski definition) is 1. The zero-order valence-electron chi connectivity index (χ0n) is 12.4. The van der Waals surface area contributed by atoms with E-state index in [9.17, 15) is 4.79 Å². The molecule has 2 N–H and O–H groups in total. The number of amides is 1. The molecule has 0 bridgehead atoms. The van der Waals surface area contributed by atoms with Gasteiger partial charge < -0.3 is 19.9 Å². The lowest BCUT2D eigenvalue weighted by Gasteiger charge is -2.15. The predicted octanol–water partition coefficient (Wildman–Crippen LogP) is 2.80. The monoisotopic (exact) mass is 323 g/mol. The van der Waals surface area contributed by atoms with Crippen LogP contribution in [0.1, 0.15) is 15.9 Å². The summed E-state index contributed by atoms with van der Waals surface area (Å²) in [5.41, 5.74) is 6.60. The Morgan fingerprint density at radius 3 is 2.05 bits per heavy atom. The van der Waals surface area contributed by atoms with Crippen molar-refractivity contribution in [2.24, 2.45) is 5.73 Å². The highest BCUT2D eigenvalue weighted by molar-refractivity contribution is 5.94. The lowest BCUT2D eigenvalue weighted by atomic mass is 10.1. The molecule has 0 aliphatic carbocycles. The highest BCUT2D eigenvalue weighted by Gasteiger charge is 2.16. The number of nitrogens with two attached hydrogens (primary N) is 1. The summed E-state index contributed by atoms with van der Waals surface area (Å²) in [7, 11) is 2.99. The second-order valence-electron chi connectivity index (χ2n) is 4.35. The average molecular weight is 324 g/mol. The summed E-state index contributed by atoms with van der Waals surface area (Å²) in [5, 5.41) is 0. The minimum Gasteiger partial charge on any atom is -0.493 e. The molecule has 0 saturated carbocycles. The summed E-state index contributed by atoms with van der Waals surface area (Å²) < 4.78 is 16.3. The Kier molecular flexibility index (Phi) is 6.53. The Morgan fingerprint density at radius 2 is 1.59 bits per heavy atom. The van der Waals surface area contributed by atoms with Crippen molar-refractivity contribution in [3.63, 3.8) is 0 Å². The van der Waals surface area contributed by atoms with Gasteiger partial charge in [-0.2, -0.15) is 0 Å². The molecule has 2 aromatic carbocycles. The Labute approximate surface area is 135 Å². The third kappa shape index (κ3) is 4.05. The lowest BCUT2D eigenvalue weighted by Crippen LogP contribution is -2.12. The predicted molar refractivity (Wildman–Crippen MR) is 86.1 cm³/mol. The van der Waals surface area contributed by atoms with Gasteiger partial charge in [0.25, 0.3) is 0 Å². The fourth-order valence-corrected chi connectivity index (χ4v) is 1.89. The molecule has 0 aromatic heterocycles. The summed E-state index contributed by atoms with van der Waals surface area (Å²) >= 11 is 0. The second-order valence-corrected chi connectivity index (χ2v) is 4.35. The van der Waals surface area contributed by atoms with Crippen LogP contribution in [-0.2, 0) is 6.61 Å². The molecular formula is C16H18ClNO4. The Bertz CT molecular complexity index is 606. The van der Waals surface area contributed by atoms with Crippen LogP contribution in [0.25, 0.3) is 0 Å². The first-order valence-corrected chi connectivity index (χ1v) is 6.38. The molecule has 0 atom stereocenters. The van der Waals surface area contributed by atoms with Crippen LogP contribution in [0.2, 0.25) is 0 Å². The molecule has 0 fully saturated rings. The lowest BCUT2D eigenvalue weighted by molar-refractivity contribution is 0.0999. The Hall–Kier alpha value is -2.40. The van der Waals surface area contributed by atoms with E-state index in [0.29, 0.717) is 29.4 Å². The fraction of sp³-hybridized carbons (Fsp3) is 0.188. The fourth-order valence-electron chi connectivity index (χ4n) is 1.89. The molecule has 0 saturated heterocycles. The Balaban J connectivity index is 0.00000242. The number of carbonyl (C=O) groups excluding carboxylic acids is 1. The normalized spacial score (nSPS) is 9.55. The molecule has 0 aliphatic rings. The van der Waals surface area contributed by atoms with E-state index in [1.165, 1.54) is 26.4 Å². The molecule has 6 heteroatoms. The maximum absolute atomic E-state index is 11.3.